The Labute approximate surface area is 175 Å². The molecular formula is C24H23N5O. The Morgan fingerprint density at radius 2 is 1.80 bits per heavy atom. The van der Waals surface area contributed by atoms with Crippen molar-refractivity contribution < 1.29 is 4.79 Å². The number of nitrogens with zero attached hydrogens (tertiary/aromatic N) is 5. The Balaban J connectivity index is 1.29. The van der Waals surface area contributed by atoms with E-state index in [2.05, 4.69) is 22.2 Å². The van der Waals surface area contributed by atoms with Crippen LogP contribution in [0, 0.1) is 6.92 Å². The number of hydrogen-bond donors (Lipinski definition) is 0. The molecule has 0 aliphatic carbocycles. The van der Waals surface area contributed by atoms with Crippen molar-refractivity contribution in [2.45, 2.75) is 25.7 Å². The molecule has 6 nitrogen and oxygen atoms in total. The summed E-state index contributed by atoms with van der Waals surface area (Å²) in [6, 6.07) is 18.0. The molecule has 6 heteroatoms. The topological polar surface area (TPSA) is 63.9 Å². The number of piperidine rings is 1. The fourth-order valence-corrected chi connectivity index (χ4v) is 4.19. The van der Waals surface area contributed by atoms with Gasteiger partial charge in [0, 0.05) is 36.3 Å². The molecule has 1 saturated heterocycles. The number of fused-ring (bicyclic) bond motifs is 1. The maximum Gasteiger partial charge on any atom is 0.257 e. The summed E-state index contributed by atoms with van der Waals surface area (Å²) in [5.74, 6) is 0.412. The van der Waals surface area contributed by atoms with Crippen molar-refractivity contribution in [3.8, 4) is 5.69 Å². The van der Waals surface area contributed by atoms with Gasteiger partial charge in [-0.1, -0.05) is 18.2 Å². The molecule has 1 aromatic carbocycles. The minimum atomic E-state index is 0.0567. The first-order valence-corrected chi connectivity index (χ1v) is 10.3. The molecule has 0 unspecified atom stereocenters. The number of para-hydroxylation sites is 1. The van der Waals surface area contributed by atoms with E-state index in [-0.39, 0.29) is 5.91 Å². The van der Waals surface area contributed by atoms with Gasteiger partial charge in [0.15, 0.2) is 5.65 Å². The van der Waals surface area contributed by atoms with E-state index in [0.717, 1.165) is 54.0 Å². The summed E-state index contributed by atoms with van der Waals surface area (Å²) in [5, 5.41) is 5.50. The number of benzene rings is 1. The number of aromatic nitrogens is 4. The van der Waals surface area contributed by atoms with Crippen molar-refractivity contribution in [1.29, 1.82) is 0 Å². The van der Waals surface area contributed by atoms with Crippen LogP contribution in [0.1, 0.15) is 40.5 Å². The number of amides is 1. The number of pyridine rings is 2. The third kappa shape index (κ3) is 3.34. The molecule has 1 aliphatic rings. The third-order valence-electron chi connectivity index (χ3n) is 5.93. The van der Waals surface area contributed by atoms with E-state index < -0.39 is 0 Å². The smallest absolute Gasteiger partial charge is 0.257 e. The highest BCUT2D eigenvalue weighted by Crippen LogP contribution is 2.29. The van der Waals surface area contributed by atoms with Crippen molar-refractivity contribution in [3.05, 3.63) is 83.9 Å². The lowest BCUT2D eigenvalue weighted by atomic mass is 9.92. The van der Waals surface area contributed by atoms with Crippen molar-refractivity contribution in [2.75, 3.05) is 13.1 Å². The van der Waals surface area contributed by atoms with Crippen LogP contribution >= 0.6 is 0 Å². The van der Waals surface area contributed by atoms with E-state index in [0.29, 0.717) is 11.5 Å². The standard InChI is InChI=1S/C24H23N5O/c1-17-21(16-26-29(17)20-7-3-2-4-8-20)24(30)28-14-11-18(12-15-28)22-10-9-19-6-5-13-25-23(19)27-22/h2-10,13,16,18H,11-12,14-15H2,1H3. The molecule has 0 atom stereocenters. The van der Waals surface area contributed by atoms with Gasteiger partial charge in [0.25, 0.3) is 5.91 Å². The summed E-state index contributed by atoms with van der Waals surface area (Å²) in [7, 11) is 0. The van der Waals surface area contributed by atoms with Gasteiger partial charge in [-0.3, -0.25) is 4.79 Å². The van der Waals surface area contributed by atoms with Gasteiger partial charge in [-0.05, 0) is 56.2 Å². The zero-order valence-electron chi connectivity index (χ0n) is 16.9. The highest BCUT2D eigenvalue weighted by Gasteiger charge is 2.27. The van der Waals surface area contributed by atoms with Gasteiger partial charge in [0.2, 0.25) is 0 Å². The fourth-order valence-electron chi connectivity index (χ4n) is 4.19. The van der Waals surface area contributed by atoms with Gasteiger partial charge in [-0.2, -0.15) is 5.10 Å². The summed E-state index contributed by atoms with van der Waals surface area (Å²) in [6.45, 7) is 3.40. The number of hydrogen-bond acceptors (Lipinski definition) is 4. The van der Waals surface area contributed by atoms with Crippen LogP contribution in [-0.2, 0) is 0 Å². The molecule has 30 heavy (non-hydrogen) atoms. The fraction of sp³-hybridized carbons (Fsp3) is 0.250. The summed E-state index contributed by atoms with van der Waals surface area (Å²) >= 11 is 0. The van der Waals surface area contributed by atoms with E-state index in [1.165, 1.54) is 0 Å². The predicted molar refractivity (Wildman–Crippen MR) is 116 cm³/mol. The summed E-state index contributed by atoms with van der Waals surface area (Å²) < 4.78 is 1.83. The normalized spacial score (nSPS) is 14.9. The Hall–Kier alpha value is -3.54. The SMILES string of the molecule is Cc1c(C(=O)N2CCC(c3ccc4cccnc4n3)CC2)cnn1-c1ccccc1. The molecule has 0 N–H and O–H groups in total. The highest BCUT2D eigenvalue weighted by molar-refractivity contribution is 5.95. The molecule has 5 rings (SSSR count). The second-order valence-electron chi connectivity index (χ2n) is 7.74. The van der Waals surface area contributed by atoms with E-state index >= 15 is 0 Å². The molecule has 1 amide bonds. The zero-order valence-corrected chi connectivity index (χ0v) is 16.9. The molecule has 0 bridgehead atoms. The van der Waals surface area contributed by atoms with Crippen LogP contribution in [-0.4, -0.2) is 43.6 Å². The molecule has 150 valence electrons. The molecule has 1 aliphatic heterocycles. The Morgan fingerprint density at radius 1 is 1.00 bits per heavy atom. The average Bonchev–Trinajstić information content (AvgIpc) is 3.20. The van der Waals surface area contributed by atoms with Gasteiger partial charge in [-0.15, -0.1) is 0 Å². The van der Waals surface area contributed by atoms with Crippen LogP contribution in [0.4, 0.5) is 0 Å². The third-order valence-corrected chi connectivity index (χ3v) is 5.93. The van der Waals surface area contributed by atoms with Gasteiger partial charge in [0.1, 0.15) is 0 Å². The van der Waals surface area contributed by atoms with Crippen LogP contribution in [0.3, 0.4) is 0 Å². The number of likely N-dealkylation sites (tertiary alicyclic amines) is 1. The van der Waals surface area contributed by atoms with Crippen molar-refractivity contribution in [2.24, 2.45) is 0 Å². The van der Waals surface area contributed by atoms with Crippen molar-refractivity contribution >= 4 is 16.9 Å². The van der Waals surface area contributed by atoms with Gasteiger partial charge in [0.05, 0.1) is 23.1 Å². The van der Waals surface area contributed by atoms with E-state index in [4.69, 9.17) is 4.98 Å². The van der Waals surface area contributed by atoms with Crippen molar-refractivity contribution in [1.82, 2.24) is 24.6 Å². The monoisotopic (exact) mass is 397 g/mol. The molecular weight excluding hydrogens is 374 g/mol. The lowest BCUT2D eigenvalue weighted by molar-refractivity contribution is 0.0711. The second-order valence-corrected chi connectivity index (χ2v) is 7.74. The largest absolute Gasteiger partial charge is 0.338 e. The Morgan fingerprint density at radius 3 is 2.60 bits per heavy atom. The highest BCUT2D eigenvalue weighted by atomic mass is 16.2. The zero-order chi connectivity index (χ0) is 20.5. The first-order chi connectivity index (χ1) is 14.7. The lowest BCUT2D eigenvalue weighted by Gasteiger charge is -2.31. The van der Waals surface area contributed by atoms with Gasteiger partial charge >= 0.3 is 0 Å². The second kappa shape index (κ2) is 7.71. The summed E-state index contributed by atoms with van der Waals surface area (Å²) in [6.07, 6.45) is 5.28. The molecule has 0 saturated carbocycles. The van der Waals surface area contributed by atoms with E-state index in [9.17, 15) is 4.79 Å². The maximum atomic E-state index is 13.1. The van der Waals surface area contributed by atoms with E-state index in [1.54, 1.807) is 12.4 Å². The average molecular weight is 397 g/mol. The minimum Gasteiger partial charge on any atom is -0.338 e. The molecule has 0 radical (unpaired) electrons. The molecule has 1 fully saturated rings. The first-order valence-electron chi connectivity index (χ1n) is 10.3. The predicted octanol–water partition coefficient (Wildman–Crippen LogP) is 4.14. The van der Waals surface area contributed by atoms with Gasteiger partial charge in [-0.25, -0.2) is 14.6 Å². The molecule has 3 aromatic heterocycles. The minimum absolute atomic E-state index is 0.0567. The number of carbonyl (C=O) groups excluding carboxylic acids is 1. The number of carbonyl (C=O) groups is 1. The Kier molecular flexibility index (Phi) is 4.75. The summed E-state index contributed by atoms with van der Waals surface area (Å²) in [4.78, 5) is 24.2. The Bertz CT molecular complexity index is 1190. The van der Waals surface area contributed by atoms with Crippen LogP contribution < -0.4 is 0 Å². The first kappa shape index (κ1) is 18.5. The molecule has 4 heterocycles. The van der Waals surface area contributed by atoms with Crippen LogP contribution in [0.15, 0.2) is 67.0 Å². The molecule has 0 spiro atoms. The maximum absolute atomic E-state index is 13.1. The quantitative estimate of drug-likeness (QED) is 0.521. The number of rotatable bonds is 3. The summed E-state index contributed by atoms with van der Waals surface area (Å²) in [5.41, 5.74) is 4.36. The van der Waals surface area contributed by atoms with E-state index in [1.807, 2.05) is 59.0 Å². The van der Waals surface area contributed by atoms with Crippen LogP contribution in [0.25, 0.3) is 16.7 Å². The van der Waals surface area contributed by atoms with Gasteiger partial charge < -0.3 is 4.90 Å². The van der Waals surface area contributed by atoms with Crippen molar-refractivity contribution in [3.63, 3.8) is 0 Å². The van der Waals surface area contributed by atoms with Crippen LogP contribution in [0.5, 0.6) is 0 Å². The van der Waals surface area contributed by atoms with Crippen LogP contribution in [0.2, 0.25) is 0 Å². The lowest BCUT2D eigenvalue weighted by Crippen LogP contribution is -2.38. The molecule has 4 aromatic rings.